The molecule has 2 atom stereocenters. The summed E-state index contributed by atoms with van der Waals surface area (Å²) in [5.41, 5.74) is 5.29. The van der Waals surface area contributed by atoms with Crippen molar-refractivity contribution < 1.29 is 5.11 Å². The van der Waals surface area contributed by atoms with E-state index in [1.54, 1.807) is 0 Å². The summed E-state index contributed by atoms with van der Waals surface area (Å²) in [6, 6.07) is 10.5. The molecule has 24 heavy (non-hydrogen) atoms. The van der Waals surface area contributed by atoms with Crippen LogP contribution in [0.15, 0.2) is 30.3 Å². The third-order valence-electron chi connectivity index (χ3n) is 5.61. The lowest BCUT2D eigenvalue weighted by Crippen LogP contribution is -2.39. The molecule has 4 heteroatoms. The zero-order valence-corrected chi connectivity index (χ0v) is 14.5. The van der Waals surface area contributed by atoms with Crippen LogP contribution >= 0.6 is 0 Å². The molecule has 2 unspecified atom stereocenters. The van der Waals surface area contributed by atoms with Gasteiger partial charge < -0.3 is 5.11 Å². The molecule has 2 heterocycles. The van der Waals surface area contributed by atoms with Crippen LogP contribution in [0, 0.1) is 5.92 Å². The van der Waals surface area contributed by atoms with Crippen molar-refractivity contribution >= 4 is 0 Å². The summed E-state index contributed by atoms with van der Waals surface area (Å²) in [5.74, 6) is 0.406. The molecule has 1 aliphatic heterocycles. The number of aliphatic hydroxyl groups is 1. The summed E-state index contributed by atoms with van der Waals surface area (Å²) < 4.78 is 2.16. The number of aliphatic hydroxyl groups excluding tert-OH is 1. The van der Waals surface area contributed by atoms with E-state index < -0.39 is 0 Å². The minimum absolute atomic E-state index is 0.208. The summed E-state index contributed by atoms with van der Waals surface area (Å²) in [6.45, 7) is 4.96. The molecule has 0 radical (unpaired) electrons. The lowest BCUT2D eigenvalue weighted by molar-refractivity contribution is 0.0593. The highest BCUT2D eigenvalue weighted by Gasteiger charge is 2.27. The van der Waals surface area contributed by atoms with Gasteiger partial charge >= 0.3 is 0 Å². The Morgan fingerprint density at radius 3 is 2.83 bits per heavy atom. The number of nitrogens with zero attached hydrogens (tertiary/aromatic N) is 3. The fraction of sp³-hybridized carbons (Fsp3) is 0.550. The van der Waals surface area contributed by atoms with Crippen molar-refractivity contribution in [3.63, 3.8) is 0 Å². The van der Waals surface area contributed by atoms with E-state index in [1.165, 1.54) is 35.5 Å². The number of likely N-dealkylation sites (tertiary alicyclic amines) is 1. The normalized spacial score (nSPS) is 22.5. The Hall–Kier alpha value is -1.65. The van der Waals surface area contributed by atoms with Crippen molar-refractivity contribution in [1.82, 2.24) is 14.7 Å². The minimum atomic E-state index is -0.208. The van der Waals surface area contributed by atoms with Crippen LogP contribution in [-0.2, 0) is 19.4 Å². The van der Waals surface area contributed by atoms with Crippen LogP contribution in [0.5, 0.6) is 0 Å². The summed E-state index contributed by atoms with van der Waals surface area (Å²) in [7, 11) is 0. The minimum Gasteiger partial charge on any atom is -0.393 e. The standard InChI is InChI=1S/C20H27N3O/c1-15(24)16-7-6-12-22(13-16)14-19-18-10-5-11-20(18)23(21-19)17-8-3-2-4-9-17/h2-4,8-9,15-16,24H,5-7,10-14H2,1H3. The van der Waals surface area contributed by atoms with Gasteiger partial charge in [0.25, 0.3) is 0 Å². The molecular formula is C20H27N3O. The third kappa shape index (κ3) is 3.01. The predicted molar refractivity (Wildman–Crippen MR) is 95.3 cm³/mol. The van der Waals surface area contributed by atoms with Gasteiger partial charge in [-0.2, -0.15) is 5.10 Å². The van der Waals surface area contributed by atoms with E-state index >= 15 is 0 Å². The fourth-order valence-electron chi connectivity index (χ4n) is 4.26. The number of piperidine rings is 1. The molecule has 2 aliphatic rings. The summed E-state index contributed by atoms with van der Waals surface area (Å²) in [6.07, 6.45) is 5.64. The quantitative estimate of drug-likeness (QED) is 0.940. The summed E-state index contributed by atoms with van der Waals surface area (Å²) >= 11 is 0. The first-order valence-electron chi connectivity index (χ1n) is 9.28. The second-order valence-corrected chi connectivity index (χ2v) is 7.35. The van der Waals surface area contributed by atoms with E-state index in [0.29, 0.717) is 5.92 Å². The molecule has 128 valence electrons. The van der Waals surface area contributed by atoms with Crippen molar-refractivity contribution in [2.45, 2.75) is 51.7 Å². The number of benzene rings is 1. The van der Waals surface area contributed by atoms with Crippen LogP contribution in [0.25, 0.3) is 5.69 Å². The Morgan fingerprint density at radius 1 is 1.21 bits per heavy atom. The molecule has 1 fully saturated rings. The Kier molecular flexibility index (Phi) is 4.42. The fourth-order valence-corrected chi connectivity index (χ4v) is 4.26. The predicted octanol–water partition coefficient (Wildman–Crippen LogP) is 2.95. The number of para-hydroxylation sites is 1. The molecule has 0 saturated carbocycles. The van der Waals surface area contributed by atoms with Gasteiger partial charge in [0.15, 0.2) is 0 Å². The molecule has 1 aromatic carbocycles. The van der Waals surface area contributed by atoms with Crippen LogP contribution in [0.3, 0.4) is 0 Å². The SMILES string of the molecule is CC(O)C1CCCN(Cc2nn(-c3ccccc3)c3c2CCC3)C1. The first-order valence-corrected chi connectivity index (χ1v) is 9.28. The zero-order chi connectivity index (χ0) is 16.5. The maximum atomic E-state index is 9.92. The van der Waals surface area contributed by atoms with Gasteiger partial charge in [0.05, 0.1) is 17.5 Å². The van der Waals surface area contributed by atoms with E-state index in [-0.39, 0.29) is 6.10 Å². The van der Waals surface area contributed by atoms with Crippen LogP contribution in [-0.4, -0.2) is 39.0 Å². The highest BCUT2D eigenvalue weighted by atomic mass is 16.3. The maximum absolute atomic E-state index is 9.92. The lowest BCUT2D eigenvalue weighted by atomic mass is 9.93. The molecule has 2 aromatic rings. The van der Waals surface area contributed by atoms with Crippen molar-refractivity contribution in [3.8, 4) is 5.69 Å². The van der Waals surface area contributed by atoms with Crippen molar-refractivity contribution in [1.29, 1.82) is 0 Å². The molecule has 0 bridgehead atoms. The van der Waals surface area contributed by atoms with Gasteiger partial charge in [-0.15, -0.1) is 0 Å². The maximum Gasteiger partial charge on any atom is 0.0804 e. The van der Waals surface area contributed by atoms with Crippen LogP contribution < -0.4 is 0 Å². The molecule has 0 spiro atoms. The Bertz CT molecular complexity index is 692. The largest absolute Gasteiger partial charge is 0.393 e. The number of rotatable bonds is 4. The van der Waals surface area contributed by atoms with Gasteiger partial charge in [0, 0.05) is 18.8 Å². The third-order valence-corrected chi connectivity index (χ3v) is 5.61. The van der Waals surface area contributed by atoms with E-state index in [4.69, 9.17) is 5.10 Å². The number of hydrogen-bond donors (Lipinski definition) is 1. The van der Waals surface area contributed by atoms with E-state index in [9.17, 15) is 5.11 Å². The van der Waals surface area contributed by atoms with Crippen molar-refractivity contribution in [3.05, 3.63) is 47.3 Å². The molecule has 1 N–H and O–H groups in total. The average Bonchev–Trinajstić information content (AvgIpc) is 3.20. The number of aromatic nitrogens is 2. The van der Waals surface area contributed by atoms with E-state index in [0.717, 1.165) is 38.9 Å². The first kappa shape index (κ1) is 15.9. The number of fused-ring (bicyclic) bond motifs is 1. The van der Waals surface area contributed by atoms with E-state index in [2.05, 4.69) is 39.9 Å². The molecule has 4 nitrogen and oxygen atoms in total. The van der Waals surface area contributed by atoms with Crippen LogP contribution in [0.1, 0.15) is 43.1 Å². The van der Waals surface area contributed by atoms with Crippen molar-refractivity contribution in [2.24, 2.45) is 5.92 Å². The van der Waals surface area contributed by atoms with Gasteiger partial charge in [0.2, 0.25) is 0 Å². The van der Waals surface area contributed by atoms with Crippen molar-refractivity contribution in [2.75, 3.05) is 13.1 Å². The Balaban J connectivity index is 1.58. The molecule has 1 aromatic heterocycles. The highest BCUT2D eigenvalue weighted by molar-refractivity contribution is 5.39. The van der Waals surface area contributed by atoms with Crippen LogP contribution in [0.4, 0.5) is 0 Å². The molecule has 1 saturated heterocycles. The second-order valence-electron chi connectivity index (χ2n) is 7.35. The van der Waals surface area contributed by atoms with Gasteiger partial charge in [0.1, 0.15) is 0 Å². The molecule has 4 rings (SSSR count). The zero-order valence-electron chi connectivity index (χ0n) is 14.5. The lowest BCUT2D eigenvalue weighted by Gasteiger charge is -2.33. The summed E-state index contributed by atoms with van der Waals surface area (Å²) in [4.78, 5) is 2.48. The van der Waals surface area contributed by atoms with Gasteiger partial charge in [-0.1, -0.05) is 18.2 Å². The van der Waals surface area contributed by atoms with Gasteiger partial charge in [-0.25, -0.2) is 4.68 Å². The topological polar surface area (TPSA) is 41.3 Å². The monoisotopic (exact) mass is 325 g/mol. The summed E-state index contributed by atoms with van der Waals surface area (Å²) in [5, 5.41) is 14.9. The number of hydrogen-bond acceptors (Lipinski definition) is 3. The van der Waals surface area contributed by atoms with E-state index in [1.807, 2.05) is 6.92 Å². The second kappa shape index (κ2) is 6.69. The average molecular weight is 325 g/mol. The first-order chi connectivity index (χ1) is 11.7. The molecular weight excluding hydrogens is 298 g/mol. The molecule has 1 aliphatic carbocycles. The highest BCUT2D eigenvalue weighted by Crippen LogP contribution is 2.29. The molecule has 0 amide bonds. The Morgan fingerprint density at radius 2 is 2.04 bits per heavy atom. The Labute approximate surface area is 144 Å². The van der Waals surface area contributed by atoms with Gasteiger partial charge in [-0.05, 0) is 69.2 Å². The van der Waals surface area contributed by atoms with Crippen LogP contribution in [0.2, 0.25) is 0 Å². The smallest absolute Gasteiger partial charge is 0.0804 e. The van der Waals surface area contributed by atoms with Gasteiger partial charge in [-0.3, -0.25) is 4.90 Å².